The molecule has 0 bridgehead atoms. The van der Waals surface area contributed by atoms with Gasteiger partial charge in [-0.1, -0.05) is 6.07 Å². The summed E-state index contributed by atoms with van der Waals surface area (Å²) in [5.41, 5.74) is 2.36. The van der Waals surface area contributed by atoms with Crippen LogP contribution < -0.4 is 0 Å². The van der Waals surface area contributed by atoms with E-state index < -0.39 is 5.82 Å². The zero-order valence-corrected chi connectivity index (χ0v) is 11.5. The van der Waals surface area contributed by atoms with Gasteiger partial charge in [0.2, 0.25) is 0 Å². The molecule has 0 spiro atoms. The van der Waals surface area contributed by atoms with Crippen LogP contribution in [0.5, 0.6) is 0 Å². The fraction of sp³-hybridized carbons (Fsp3) is 0.0769. The number of nitrogens with zero attached hydrogens (tertiary/aromatic N) is 2. The van der Waals surface area contributed by atoms with Crippen LogP contribution in [0.4, 0.5) is 4.39 Å². The number of rotatable bonds is 1. The van der Waals surface area contributed by atoms with Gasteiger partial charge in [0.05, 0.1) is 11.3 Å². The SMILES string of the molecule is Cc1cc(F)c(C#N)cc1-c1ccccn1.[Ir]. The summed E-state index contributed by atoms with van der Waals surface area (Å²) < 4.78 is 13.3. The monoisotopic (exact) mass is 405 g/mol. The molecule has 0 atom stereocenters. The maximum absolute atomic E-state index is 13.3. The van der Waals surface area contributed by atoms with E-state index >= 15 is 0 Å². The Kier molecular flexibility index (Phi) is 4.51. The van der Waals surface area contributed by atoms with Gasteiger partial charge < -0.3 is 0 Å². The van der Waals surface area contributed by atoms with Crippen molar-refractivity contribution in [3.63, 3.8) is 0 Å². The van der Waals surface area contributed by atoms with E-state index in [-0.39, 0.29) is 25.7 Å². The Morgan fingerprint density at radius 2 is 2.06 bits per heavy atom. The van der Waals surface area contributed by atoms with Crippen molar-refractivity contribution < 1.29 is 24.5 Å². The Morgan fingerprint density at radius 1 is 1.29 bits per heavy atom. The van der Waals surface area contributed by atoms with Crippen molar-refractivity contribution in [3.8, 4) is 17.3 Å². The molecule has 0 N–H and O–H groups in total. The molecular formula is C13H9FIrN2. The molecule has 1 aromatic heterocycles. The van der Waals surface area contributed by atoms with E-state index in [1.807, 2.05) is 24.3 Å². The minimum atomic E-state index is -0.486. The number of pyridine rings is 1. The van der Waals surface area contributed by atoms with Gasteiger partial charge in [-0.25, -0.2) is 4.39 Å². The molecule has 0 amide bonds. The molecule has 17 heavy (non-hydrogen) atoms. The van der Waals surface area contributed by atoms with Crippen LogP contribution in [0, 0.1) is 24.1 Å². The van der Waals surface area contributed by atoms with Gasteiger partial charge in [0, 0.05) is 31.9 Å². The predicted molar refractivity (Wildman–Crippen MR) is 59.1 cm³/mol. The summed E-state index contributed by atoms with van der Waals surface area (Å²) in [6.07, 6.45) is 1.67. The van der Waals surface area contributed by atoms with E-state index in [0.717, 1.165) is 16.8 Å². The molecule has 0 fully saturated rings. The molecule has 1 radical (unpaired) electrons. The molecule has 0 saturated heterocycles. The van der Waals surface area contributed by atoms with E-state index in [4.69, 9.17) is 5.26 Å². The van der Waals surface area contributed by atoms with Gasteiger partial charge in [-0.05, 0) is 36.8 Å². The van der Waals surface area contributed by atoms with E-state index in [2.05, 4.69) is 4.98 Å². The Morgan fingerprint density at radius 3 is 2.65 bits per heavy atom. The summed E-state index contributed by atoms with van der Waals surface area (Å²) in [5.74, 6) is -0.486. The zero-order chi connectivity index (χ0) is 11.5. The number of aromatic nitrogens is 1. The summed E-state index contributed by atoms with van der Waals surface area (Å²) >= 11 is 0. The van der Waals surface area contributed by atoms with Crippen LogP contribution in [0.1, 0.15) is 11.1 Å². The standard InChI is InChI=1S/C13H9FN2.Ir/c1-9-6-12(14)10(8-15)7-11(9)13-4-2-3-5-16-13;/h2-7H,1H3;. The fourth-order valence-electron chi connectivity index (χ4n) is 1.56. The number of benzene rings is 1. The van der Waals surface area contributed by atoms with Gasteiger partial charge in [-0.3, -0.25) is 4.98 Å². The third kappa shape index (κ3) is 2.76. The van der Waals surface area contributed by atoms with Gasteiger partial charge in [-0.2, -0.15) is 5.26 Å². The molecule has 0 unspecified atom stereocenters. The maximum atomic E-state index is 13.3. The summed E-state index contributed by atoms with van der Waals surface area (Å²) in [6.45, 7) is 1.80. The number of hydrogen-bond donors (Lipinski definition) is 0. The molecular weight excluding hydrogens is 395 g/mol. The van der Waals surface area contributed by atoms with Gasteiger partial charge >= 0.3 is 0 Å². The van der Waals surface area contributed by atoms with Crippen LogP contribution in [-0.2, 0) is 20.1 Å². The van der Waals surface area contributed by atoms with E-state index in [1.165, 1.54) is 12.1 Å². The topological polar surface area (TPSA) is 36.7 Å². The van der Waals surface area contributed by atoms with Crippen molar-refractivity contribution >= 4 is 0 Å². The van der Waals surface area contributed by atoms with Crippen molar-refractivity contribution in [1.82, 2.24) is 4.98 Å². The van der Waals surface area contributed by atoms with Crippen molar-refractivity contribution in [1.29, 1.82) is 5.26 Å². The minimum absolute atomic E-state index is 0. The summed E-state index contributed by atoms with van der Waals surface area (Å²) in [5, 5.41) is 8.77. The zero-order valence-electron chi connectivity index (χ0n) is 9.07. The Labute approximate surface area is 112 Å². The molecule has 87 valence electrons. The number of hydrogen-bond acceptors (Lipinski definition) is 2. The van der Waals surface area contributed by atoms with E-state index in [1.54, 1.807) is 13.1 Å². The molecule has 0 aliphatic heterocycles. The Hall–Kier alpha value is -1.56. The van der Waals surface area contributed by atoms with Crippen LogP contribution in [0.2, 0.25) is 0 Å². The number of aryl methyl sites for hydroxylation is 1. The van der Waals surface area contributed by atoms with Gasteiger partial charge in [0.1, 0.15) is 11.9 Å². The largest absolute Gasteiger partial charge is 0.256 e. The molecule has 2 aromatic rings. The van der Waals surface area contributed by atoms with E-state index in [0.29, 0.717) is 0 Å². The first-order valence-corrected chi connectivity index (χ1v) is 4.84. The fourth-order valence-corrected chi connectivity index (χ4v) is 1.56. The molecule has 2 nitrogen and oxygen atoms in total. The molecule has 2 rings (SSSR count). The molecule has 1 heterocycles. The molecule has 4 heteroatoms. The molecule has 1 aromatic carbocycles. The van der Waals surface area contributed by atoms with Crippen molar-refractivity contribution in [2.24, 2.45) is 0 Å². The molecule has 0 aliphatic carbocycles. The van der Waals surface area contributed by atoms with Crippen LogP contribution in [0.15, 0.2) is 36.5 Å². The minimum Gasteiger partial charge on any atom is -0.256 e. The Bertz CT molecular complexity index is 562. The summed E-state index contributed by atoms with van der Waals surface area (Å²) in [4.78, 5) is 4.18. The Balaban J connectivity index is 0.00000144. The van der Waals surface area contributed by atoms with Crippen molar-refractivity contribution in [2.75, 3.05) is 0 Å². The number of halogens is 1. The molecule has 0 saturated carbocycles. The first-order chi connectivity index (χ1) is 7.72. The van der Waals surface area contributed by atoms with Crippen molar-refractivity contribution in [2.45, 2.75) is 6.92 Å². The van der Waals surface area contributed by atoms with Gasteiger partial charge in [0.15, 0.2) is 0 Å². The maximum Gasteiger partial charge on any atom is 0.141 e. The average Bonchev–Trinajstić information content (AvgIpc) is 2.30. The second-order valence-electron chi connectivity index (χ2n) is 3.47. The average molecular weight is 404 g/mol. The van der Waals surface area contributed by atoms with Crippen LogP contribution in [-0.4, -0.2) is 4.98 Å². The molecule has 0 aliphatic rings. The summed E-state index contributed by atoms with van der Waals surface area (Å²) in [6, 6.07) is 10.2. The number of nitriles is 1. The summed E-state index contributed by atoms with van der Waals surface area (Å²) in [7, 11) is 0. The second-order valence-corrected chi connectivity index (χ2v) is 3.47. The quantitative estimate of drug-likeness (QED) is 0.733. The third-order valence-electron chi connectivity index (χ3n) is 2.38. The second kappa shape index (κ2) is 5.67. The smallest absolute Gasteiger partial charge is 0.141 e. The van der Waals surface area contributed by atoms with Gasteiger partial charge in [-0.15, -0.1) is 0 Å². The first-order valence-electron chi connectivity index (χ1n) is 4.84. The van der Waals surface area contributed by atoms with Crippen LogP contribution in [0.3, 0.4) is 0 Å². The third-order valence-corrected chi connectivity index (χ3v) is 2.38. The predicted octanol–water partition coefficient (Wildman–Crippen LogP) is 3.07. The van der Waals surface area contributed by atoms with Crippen LogP contribution >= 0.6 is 0 Å². The van der Waals surface area contributed by atoms with Gasteiger partial charge in [0.25, 0.3) is 0 Å². The van der Waals surface area contributed by atoms with Crippen LogP contribution in [0.25, 0.3) is 11.3 Å². The van der Waals surface area contributed by atoms with E-state index in [9.17, 15) is 4.39 Å². The van der Waals surface area contributed by atoms with Crippen molar-refractivity contribution in [3.05, 3.63) is 53.5 Å². The first kappa shape index (κ1) is 13.5. The normalized spacial score (nSPS) is 9.24.